The van der Waals surface area contributed by atoms with Gasteiger partial charge in [0.2, 0.25) is 5.91 Å². The van der Waals surface area contributed by atoms with Crippen molar-refractivity contribution in [2.75, 3.05) is 13.1 Å². The molecule has 0 bridgehead atoms. The van der Waals surface area contributed by atoms with E-state index in [2.05, 4.69) is 5.32 Å². The Morgan fingerprint density at radius 3 is 2.61 bits per heavy atom. The van der Waals surface area contributed by atoms with Gasteiger partial charge in [0.25, 0.3) is 5.91 Å². The highest BCUT2D eigenvalue weighted by Gasteiger charge is 2.35. The van der Waals surface area contributed by atoms with Gasteiger partial charge in [0.15, 0.2) is 0 Å². The quantitative estimate of drug-likeness (QED) is 0.749. The Morgan fingerprint density at radius 2 is 1.83 bits per heavy atom. The zero-order valence-electron chi connectivity index (χ0n) is 10.2. The number of carbonyl (C=O) groups is 2. The van der Waals surface area contributed by atoms with Crippen molar-refractivity contribution in [2.24, 2.45) is 0 Å². The average Bonchev–Trinajstić information content (AvgIpc) is 2.40. The van der Waals surface area contributed by atoms with E-state index in [9.17, 15) is 9.59 Å². The van der Waals surface area contributed by atoms with Crippen LogP contribution >= 0.6 is 0 Å². The van der Waals surface area contributed by atoms with E-state index in [1.807, 2.05) is 24.3 Å². The number of nitrogens with one attached hydrogen (secondary N) is 1. The first kappa shape index (κ1) is 11.4. The van der Waals surface area contributed by atoms with Crippen molar-refractivity contribution in [3.05, 3.63) is 35.4 Å². The van der Waals surface area contributed by atoms with E-state index in [1.165, 1.54) is 4.90 Å². The Hall–Kier alpha value is -1.68. The molecule has 94 valence electrons. The summed E-state index contributed by atoms with van der Waals surface area (Å²) in [5.74, 6) is -0.167. The van der Waals surface area contributed by atoms with E-state index in [0.29, 0.717) is 12.0 Å². The summed E-state index contributed by atoms with van der Waals surface area (Å²) in [7, 11) is 0. The predicted octanol–water partition coefficient (Wildman–Crippen LogP) is 0.964. The molecule has 4 nitrogen and oxygen atoms in total. The summed E-state index contributed by atoms with van der Waals surface area (Å²) < 4.78 is 0. The number of nitrogens with zero attached hydrogens (tertiary/aromatic N) is 1. The number of hydrogen-bond donors (Lipinski definition) is 1. The number of imide groups is 1. The lowest BCUT2D eigenvalue weighted by molar-refractivity contribution is -0.130. The van der Waals surface area contributed by atoms with Crippen LogP contribution in [0.15, 0.2) is 24.3 Å². The largest absolute Gasteiger partial charge is 0.317 e. The summed E-state index contributed by atoms with van der Waals surface area (Å²) in [6.45, 7) is 1.76. The zero-order valence-corrected chi connectivity index (χ0v) is 10.2. The molecule has 2 heterocycles. The lowest BCUT2D eigenvalue weighted by Gasteiger charge is -2.36. The molecule has 2 aliphatic heterocycles. The standard InChI is InChI=1S/C14H16N2O2/c17-13-9-10-3-1-2-4-12(10)14(18)16(13)11-5-7-15-8-6-11/h1-4,11,15H,5-9H2. The molecule has 0 spiro atoms. The summed E-state index contributed by atoms with van der Waals surface area (Å²) >= 11 is 0. The molecule has 0 atom stereocenters. The van der Waals surface area contributed by atoms with Crippen molar-refractivity contribution in [2.45, 2.75) is 25.3 Å². The summed E-state index contributed by atoms with van der Waals surface area (Å²) in [5.41, 5.74) is 1.55. The number of hydrogen-bond acceptors (Lipinski definition) is 3. The number of carbonyl (C=O) groups excluding carboxylic acids is 2. The van der Waals surface area contributed by atoms with E-state index in [4.69, 9.17) is 0 Å². The second-order valence-electron chi connectivity index (χ2n) is 4.88. The fraction of sp³-hybridized carbons (Fsp3) is 0.429. The SMILES string of the molecule is O=C1Cc2ccccc2C(=O)N1C1CCNCC1. The normalized spacial score (nSPS) is 21.0. The van der Waals surface area contributed by atoms with E-state index < -0.39 is 0 Å². The monoisotopic (exact) mass is 244 g/mol. The van der Waals surface area contributed by atoms with Crippen LogP contribution in [-0.2, 0) is 11.2 Å². The third-order valence-corrected chi connectivity index (χ3v) is 3.75. The van der Waals surface area contributed by atoms with Gasteiger partial charge in [0.1, 0.15) is 0 Å². The van der Waals surface area contributed by atoms with E-state index in [0.717, 1.165) is 31.5 Å². The minimum Gasteiger partial charge on any atom is -0.317 e. The van der Waals surface area contributed by atoms with Gasteiger partial charge < -0.3 is 5.32 Å². The maximum Gasteiger partial charge on any atom is 0.261 e. The topological polar surface area (TPSA) is 49.4 Å². The number of rotatable bonds is 1. The van der Waals surface area contributed by atoms with E-state index >= 15 is 0 Å². The van der Waals surface area contributed by atoms with Crippen LogP contribution in [0.5, 0.6) is 0 Å². The molecule has 1 saturated heterocycles. The van der Waals surface area contributed by atoms with Gasteiger partial charge in [0.05, 0.1) is 6.42 Å². The molecular weight excluding hydrogens is 228 g/mol. The molecule has 1 fully saturated rings. The van der Waals surface area contributed by atoms with Crippen molar-refractivity contribution >= 4 is 11.8 Å². The molecular formula is C14H16N2O2. The van der Waals surface area contributed by atoms with Crippen molar-refractivity contribution in [1.29, 1.82) is 0 Å². The highest BCUT2D eigenvalue weighted by Crippen LogP contribution is 2.24. The Balaban J connectivity index is 1.92. The summed E-state index contributed by atoms with van der Waals surface area (Å²) in [6, 6.07) is 7.48. The highest BCUT2D eigenvalue weighted by molar-refractivity contribution is 6.09. The molecule has 0 unspecified atom stereocenters. The van der Waals surface area contributed by atoms with Gasteiger partial charge in [-0.15, -0.1) is 0 Å². The fourth-order valence-corrected chi connectivity index (χ4v) is 2.81. The first-order valence-corrected chi connectivity index (χ1v) is 6.42. The molecule has 0 aromatic heterocycles. The molecule has 18 heavy (non-hydrogen) atoms. The van der Waals surface area contributed by atoms with Crippen LogP contribution in [0.3, 0.4) is 0 Å². The zero-order chi connectivity index (χ0) is 12.5. The van der Waals surface area contributed by atoms with Gasteiger partial charge >= 0.3 is 0 Å². The van der Waals surface area contributed by atoms with Crippen molar-refractivity contribution in [3.63, 3.8) is 0 Å². The Morgan fingerprint density at radius 1 is 1.11 bits per heavy atom. The Kier molecular flexibility index (Phi) is 2.88. The van der Waals surface area contributed by atoms with Gasteiger partial charge in [-0.05, 0) is 37.6 Å². The summed E-state index contributed by atoms with van der Waals surface area (Å²) in [4.78, 5) is 26.1. The number of benzene rings is 1. The van der Waals surface area contributed by atoms with Crippen LogP contribution in [0.4, 0.5) is 0 Å². The lowest BCUT2D eigenvalue weighted by Crippen LogP contribution is -2.51. The lowest BCUT2D eigenvalue weighted by atomic mass is 9.95. The van der Waals surface area contributed by atoms with Gasteiger partial charge in [-0.3, -0.25) is 14.5 Å². The third kappa shape index (κ3) is 1.82. The molecule has 1 aromatic rings. The van der Waals surface area contributed by atoms with Crippen LogP contribution in [0.25, 0.3) is 0 Å². The summed E-state index contributed by atoms with van der Waals surface area (Å²) in [6.07, 6.45) is 2.07. The first-order valence-electron chi connectivity index (χ1n) is 6.42. The summed E-state index contributed by atoms with van der Waals surface area (Å²) in [5, 5.41) is 3.25. The average molecular weight is 244 g/mol. The molecule has 2 amide bonds. The van der Waals surface area contributed by atoms with Gasteiger partial charge in [-0.1, -0.05) is 18.2 Å². The smallest absolute Gasteiger partial charge is 0.261 e. The minimum absolute atomic E-state index is 0.0504. The van der Waals surface area contributed by atoms with Crippen LogP contribution in [-0.4, -0.2) is 35.8 Å². The molecule has 1 N–H and O–H groups in total. The van der Waals surface area contributed by atoms with Crippen molar-refractivity contribution in [3.8, 4) is 0 Å². The van der Waals surface area contributed by atoms with Crippen LogP contribution in [0.2, 0.25) is 0 Å². The Bertz CT molecular complexity index is 492. The van der Waals surface area contributed by atoms with Crippen molar-refractivity contribution < 1.29 is 9.59 Å². The molecule has 0 aliphatic carbocycles. The fourth-order valence-electron chi connectivity index (χ4n) is 2.81. The molecule has 0 radical (unpaired) electrons. The molecule has 2 aliphatic rings. The molecule has 0 saturated carbocycles. The second kappa shape index (κ2) is 4.53. The predicted molar refractivity (Wildman–Crippen MR) is 67.2 cm³/mol. The van der Waals surface area contributed by atoms with E-state index in [1.54, 1.807) is 0 Å². The maximum atomic E-state index is 12.4. The van der Waals surface area contributed by atoms with Gasteiger partial charge in [-0.25, -0.2) is 0 Å². The molecule has 4 heteroatoms. The van der Waals surface area contributed by atoms with Crippen LogP contribution in [0.1, 0.15) is 28.8 Å². The molecule has 1 aromatic carbocycles. The first-order chi connectivity index (χ1) is 8.77. The number of amides is 2. The van der Waals surface area contributed by atoms with Gasteiger partial charge in [0, 0.05) is 11.6 Å². The van der Waals surface area contributed by atoms with Crippen molar-refractivity contribution in [1.82, 2.24) is 10.2 Å². The highest BCUT2D eigenvalue weighted by atomic mass is 16.2. The number of fused-ring (bicyclic) bond motifs is 1. The number of piperidine rings is 1. The minimum atomic E-state index is -0.117. The van der Waals surface area contributed by atoms with Crippen LogP contribution in [0, 0.1) is 0 Å². The van der Waals surface area contributed by atoms with Gasteiger partial charge in [-0.2, -0.15) is 0 Å². The molecule has 3 rings (SSSR count). The van der Waals surface area contributed by atoms with E-state index in [-0.39, 0.29) is 17.9 Å². The van der Waals surface area contributed by atoms with Crippen LogP contribution < -0.4 is 5.32 Å². The maximum absolute atomic E-state index is 12.4. The Labute approximate surface area is 106 Å². The third-order valence-electron chi connectivity index (χ3n) is 3.75. The second-order valence-corrected chi connectivity index (χ2v) is 4.88.